The van der Waals surface area contributed by atoms with Crippen LogP contribution in [0.1, 0.15) is 50.0 Å². The molecule has 0 fully saturated rings. The minimum atomic E-state index is -3.51. The van der Waals surface area contributed by atoms with Crippen molar-refractivity contribution in [3.8, 4) is 5.69 Å². The first-order valence-corrected chi connectivity index (χ1v) is 15.0. The smallest absolute Gasteiger partial charge is 0.269 e. The van der Waals surface area contributed by atoms with E-state index in [1.807, 2.05) is 13.0 Å². The number of hydrogen-bond donors (Lipinski definition) is 2. The number of rotatable bonds is 8. The lowest BCUT2D eigenvalue weighted by Gasteiger charge is -2.28. The molecule has 3 N–H and O–H groups in total. The van der Waals surface area contributed by atoms with Crippen LogP contribution in [0, 0.1) is 5.82 Å². The van der Waals surface area contributed by atoms with Gasteiger partial charge < -0.3 is 5.32 Å². The standard InChI is InChI=1S/C29H30FN7O3S/c1-3-13-41(39,40)20-14-18(15-32-16-20)21-17-33-29(31)36-26(21)34-23(4-2)27-35-24-12-8-11-22(30)25(24)28(38)37(27)19-9-6-5-7-10-19/h5-12,14-17,21,23,29H,3-4,13,31H2,1-2H3,(H,34,36). The molecule has 1 aliphatic heterocycles. The zero-order valence-corrected chi connectivity index (χ0v) is 23.4. The summed E-state index contributed by atoms with van der Waals surface area (Å²) in [6.45, 7) is 3.72. The predicted molar refractivity (Wildman–Crippen MR) is 157 cm³/mol. The minimum absolute atomic E-state index is 0.00408. The Morgan fingerprint density at radius 2 is 1.88 bits per heavy atom. The molecule has 10 nitrogen and oxygen atoms in total. The molecule has 3 unspecified atom stereocenters. The molecule has 0 saturated heterocycles. The third-order valence-corrected chi connectivity index (χ3v) is 8.70. The Kier molecular flexibility index (Phi) is 8.04. The number of halogens is 1. The Bertz CT molecular complexity index is 1810. The summed E-state index contributed by atoms with van der Waals surface area (Å²) in [5.74, 6) is -0.454. The van der Waals surface area contributed by atoms with Crippen LogP contribution in [0.5, 0.6) is 0 Å². The highest BCUT2D eigenvalue weighted by Gasteiger charge is 2.28. The van der Waals surface area contributed by atoms with Gasteiger partial charge in [-0.25, -0.2) is 22.8 Å². The maximum atomic E-state index is 14.8. The number of nitrogens with one attached hydrogen (secondary N) is 1. The number of hydrogen-bond acceptors (Lipinski definition) is 9. The fourth-order valence-corrected chi connectivity index (χ4v) is 6.14. The van der Waals surface area contributed by atoms with Crippen molar-refractivity contribution < 1.29 is 12.8 Å². The molecule has 12 heteroatoms. The normalized spacial score (nSPS) is 17.8. The Hall–Kier alpha value is -4.29. The molecule has 0 radical (unpaired) electrons. The molecular formula is C29H30FN7O3S. The Balaban J connectivity index is 1.61. The summed E-state index contributed by atoms with van der Waals surface area (Å²) in [6, 6.07) is 14.3. The van der Waals surface area contributed by atoms with Gasteiger partial charge in [-0.3, -0.25) is 25.1 Å². The first kappa shape index (κ1) is 28.2. The fraction of sp³-hybridized carbons (Fsp3) is 0.276. The Morgan fingerprint density at radius 3 is 2.61 bits per heavy atom. The van der Waals surface area contributed by atoms with Crippen LogP contribution in [0.4, 0.5) is 4.39 Å². The fourth-order valence-electron chi connectivity index (χ4n) is 4.83. The van der Waals surface area contributed by atoms with Gasteiger partial charge in [0, 0.05) is 18.6 Å². The molecule has 2 aromatic heterocycles. The third-order valence-electron chi connectivity index (χ3n) is 6.81. The Labute approximate surface area is 236 Å². The highest BCUT2D eigenvalue weighted by Crippen LogP contribution is 2.26. The summed E-state index contributed by atoms with van der Waals surface area (Å²) >= 11 is 0. The molecule has 2 aromatic carbocycles. The molecular weight excluding hydrogens is 545 g/mol. The number of sulfone groups is 1. The van der Waals surface area contributed by atoms with Gasteiger partial charge in [-0.05, 0) is 48.7 Å². The second-order valence-corrected chi connectivity index (χ2v) is 11.8. The number of pyridine rings is 1. The van der Waals surface area contributed by atoms with Crippen molar-refractivity contribution in [2.75, 3.05) is 5.75 Å². The maximum Gasteiger partial charge on any atom is 0.269 e. The molecule has 4 aromatic rings. The minimum Gasteiger partial charge on any atom is -0.363 e. The summed E-state index contributed by atoms with van der Waals surface area (Å²) in [4.78, 5) is 31.5. The lowest BCUT2D eigenvalue weighted by atomic mass is 9.99. The van der Waals surface area contributed by atoms with Gasteiger partial charge in [0.15, 0.2) is 16.1 Å². The molecule has 3 heterocycles. The molecule has 212 valence electrons. The quantitative estimate of drug-likeness (QED) is 0.326. The van der Waals surface area contributed by atoms with Gasteiger partial charge in [-0.2, -0.15) is 0 Å². The van der Waals surface area contributed by atoms with E-state index in [0.717, 1.165) is 0 Å². The second-order valence-electron chi connectivity index (χ2n) is 9.66. The summed E-state index contributed by atoms with van der Waals surface area (Å²) in [6.07, 6.45) is 4.57. The van der Waals surface area contributed by atoms with E-state index in [4.69, 9.17) is 10.7 Å². The van der Waals surface area contributed by atoms with Gasteiger partial charge >= 0.3 is 0 Å². The lowest BCUT2D eigenvalue weighted by Crippen LogP contribution is -2.40. The van der Waals surface area contributed by atoms with Gasteiger partial charge in [0.05, 0.1) is 33.8 Å². The van der Waals surface area contributed by atoms with Gasteiger partial charge in [0.1, 0.15) is 22.9 Å². The van der Waals surface area contributed by atoms with Crippen LogP contribution in [0.2, 0.25) is 0 Å². The average Bonchev–Trinajstić information content (AvgIpc) is 2.96. The summed E-state index contributed by atoms with van der Waals surface area (Å²) < 4.78 is 41.7. The number of nitrogens with two attached hydrogens (primary N) is 1. The van der Waals surface area contributed by atoms with Crippen molar-refractivity contribution in [1.82, 2.24) is 19.9 Å². The monoisotopic (exact) mass is 575 g/mol. The number of amidine groups is 1. The zero-order valence-electron chi connectivity index (χ0n) is 22.6. The van der Waals surface area contributed by atoms with E-state index in [-0.39, 0.29) is 21.6 Å². The van der Waals surface area contributed by atoms with Crippen molar-refractivity contribution in [2.45, 2.75) is 49.8 Å². The van der Waals surface area contributed by atoms with Crippen LogP contribution in [-0.4, -0.2) is 47.0 Å². The van der Waals surface area contributed by atoms with Crippen molar-refractivity contribution in [3.63, 3.8) is 0 Å². The van der Waals surface area contributed by atoms with Crippen LogP contribution in [-0.2, 0) is 9.84 Å². The number of para-hydroxylation sites is 1. The molecule has 1 aliphatic rings. The van der Waals surface area contributed by atoms with Crippen molar-refractivity contribution in [1.29, 1.82) is 0 Å². The molecule has 3 atom stereocenters. The van der Waals surface area contributed by atoms with Crippen LogP contribution in [0.15, 0.2) is 86.7 Å². The first-order chi connectivity index (χ1) is 19.7. The van der Waals surface area contributed by atoms with Gasteiger partial charge in [0.25, 0.3) is 5.56 Å². The SMILES string of the molecule is CCCS(=O)(=O)c1cncc(C2C=NC(N)N=C2NC(CC)c2nc3cccc(F)c3c(=O)n2-c2ccccc2)c1. The number of fused-ring (bicyclic) bond motifs is 1. The van der Waals surface area contributed by atoms with Gasteiger partial charge in [0.2, 0.25) is 0 Å². The molecule has 0 aliphatic carbocycles. The molecule has 41 heavy (non-hydrogen) atoms. The number of aliphatic imine (C=N–C) groups is 2. The van der Waals surface area contributed by atoms with Crippen molar-refractivity contribution >= 4 is 32.8 Å². The number of nitrogens with zero attached hydrogens (tertiary/aromatic N) is 5. The van der Waals surface area contributed by atoms with Crippen LogP contribution in [0.3, 0.4) is 0 Å². The summed E-state index contributed by atoms with van der Waals surface area (Å²) in [5, 5.41) is 3.28. The van der Waals surface area contributed by atoms with E-state index in [1.54, 1.807) is 55.7 Å². The predicted octanol–water partition coefficient (Wildman–Crippen LogP) is 3.65. The lowest BCUT2D eigenvalue weighted by molar-refractivity contribution is 0.554. The van der Waals surface area contributed by atoms with Crippen LogP contribution < -0.4 is 16.6 Å². The van der Waals surface area contributed by atoms with E-state index < -0.39 is 39.5 Å². The van der Waals surface area contributed by atoms with Crippen molar-refractivity contribution in [3.05, 3.63) is 94.5 Å². The summed E-state index contributed by atoms with van der Waals surface area (Å²) in [5.41, 5.74) is 6.84. The van der Waals surface area contributed by atoms with E-state index >= 15 is 0 Å². The highest BCUT2D eigenvalue weighted by molar-refractivity contribution is 7.91. The average molecular weight is 576 g/mol. The zero-order chi connectivity index (χ0) is 29.1. The summed E-state index contributed by atoms with van der Waals surface area (Å²) in [7, 11) is -3.51. The van der Waals surface area contributed by atoms with Gasteiger partial charge in [-0.1, -0.05) is 38.1 Å². The van der Waals surface area contributed by atoms with Gasteiger partial charge in [-0.15, -0.1) is 0 Å². The molecule has 5 rings (SSSR count). The number of benzene rings is 2. The molecule has 0 bridgehead atoms. The van der Waals surface area contributed by atoms with E-state index in [1.165, 1.54) is 22.9 Å². The first-order valence-electron chi connectivity index (χ1n) is 13.3. The molecule has 0 amide bonds. The third kappa shape index (κ3) is 5.66. The highest BCUT2D eigenvalue weighted by atomic mass is 32.2. The van der Waals surface area contributed by atoms with Crippen molar-refractivity contribution in [2.24, 2.45) is 15.7 Å². The Morgan fingerprint density at radius 1 is 1.10 bits per heavy atom. The van der Waals surface area contributed by atoms with E-state index in [2.05, 4.69) is 20.3 Å². The topological polar surface area (TPSA) is 145 Å². The van der Waals surface area contributed by atoms with Crippen LogP contribution >= 0.6 is 0 Å². The van der Waals surface area contributed by atoms with Crippen LogP contribution in [0.25, 0.3) is 16.6 Å². The second kappa shape index (κ2) is 11.7. The largest absolute Gasteiger partial charge is 0.363 e. The molecule has 0 spiro atoms. The molecule has 0 saturated carbocycles. The number of aromatic nitrogens is 3. The maximum absolute atomic E-state index is 14.8. The van der Waals surface area contributed by atoms with E-state index in [0.29, 0.717) is 35.8 Å². The van der Waals surface area contributed by atoms with E-state index in [9.17, 15) is 17.6 Å².